The summed E-state index contributed by atoms with van der Waals surface area (Å²) in [5.41, 5.74) is 0.118. The van der Waals surface area contributed by atoms with Crippen molar-refractivity contribution in [3.63, 3.8) is 0 Å². The molecule has 0 aliphatic rings. The molecule has 0 aromatic heterocycles. The number of aliphatic carboxylic acids is 1. The van der Waals surface area contributed by atoms with Crippen molar-refractivity contribution in [2.75, 3.05) is 0 Å². The first-order valence-corrected chi connectivity index (χ1v) is 4.09. The second-order valence-electron chi connectivity index (χ2n) is 4.07. The molecule has 0 saturated heterocycles. The third-order valence-electron chi connectivity index (χ3n) is 2.14. The van der Waals surface area contributed by atoms with E-state index in [0.717, 1.165) is 6.42 Å². The number of hydrogen-bond donors (Lipinski definition) is 1. The molecule has 0 aliphatic carbocycles. The standard InChI is InChI=1S/C9H18O2/c1-5-7(6-8(10)11)9(2,3)4/h7H,5-6H2,1-4H3,(H,10,11)/t7-/m0/s1. The summed E-state index contributed by atoms with van der Waals surface area (Å²) < 4.78 is 0. The van der Waals surface area contributed by atoms with Gasteiger partial charge in [0, 0.05) is 6.42 Å². The van der Waals surface area contributed by atoms with Crippen LogP contribution in [0.1, 0.15) is 40.5 Å². The topological polar surface area (TPSA) is 37.3 Å². The maximum atomic E-state index is 10.4. The minimum atomic E-state index is -0.688. The van der Waals surface area contributed by atoms with Gasteiger partial charge in [-0.3, -0.25) is 4.79 Å². The lowest BCUT2D eigenvalue weighted by molar-refractivity contribution is -0.139. The summed E-state index contributed by atoms with van der Waals surface area (Å²) in [4.78, 5) is 10.4. The van der Waals surface area contributed by atoms with Crippen LogP contribution in [0.4, 0.5) is 0 Å². The number of carboxylic acid groups (broad SMARTS) is 1. The molecule has 1 N–H and O–H groups in total. The van der Waals surface area contributed by atoms with Crippen molar-refractivity contribution < 1.29 is 9.90 Å². The van der Waals surface area contributed by atoms with Crippen molar-refractivity contribution in [2.45, 2.75) is 40.5 Å². The fourth-order valence-corrected chi connectivity index (χ4v) is 1.27. The average Bonchev–Trinajstić information content (AvgIpc) is 1.79. The van der Waals surface area contributed by atoms with Crippen LogP contribution in [0, 0.1) is 11.3 Å². The zero-order chi connectivity index (χ0) is 9.07. The highest BCUT2D eigenvalue weighted by Crippen LogP contribution is 2.30. The summed E-state index contributed by atoms with van der Waals surface area (Å²) in [6.45, 7) is 8.30. The van der Waals surface area contributed by atoms with E-state index in [-0.39, 0.29) is 5.41 Å². The average molecular weight is 158 g/mol. The van der Waals surface area contributed by atoms with Crippen LogP contribution in [-0.4, -0.2) is 11.1 Å². The predicted octanol–water partition coefficient (Wildman–Crippen LogP) is 2.53. The zero-order valence-electron chi connectivity index (χ0n) is 7.85. The number of hydrogen-bond acceptors (Lipinski definition) is 1. The molecule has 0 aromatic carbocycles. The van der Waals surface area contributed by atoms with Gasteiger partial charge in [-0.1, -0.05) is 34.1 Å². The van der Waals surface area contributed by atoms with Gasteiger partial charge in [-0.05, 0) is 11.3 Å². The monoisotopic (exact) mass is 158 g/mol. The van der Waals surface area contributed by atoms with Crippen LogP contribution < -0.4 is 0 Å². The van der Waals surface area contributed by atoms with E-state index in [1.54, 1.807) is 0 Å². The number of rotatable bonds is 3. The predicted molar refractivity (Wildman–Crippen MR) is 45.5 cm³/mol. The molecular formula is C9H18O2. The smallest absolute Gasteiger partial charge is 0.303 e. The summed E-state index contributed by atoms with van der Waals surface area (Å²) in [6, 6.07) is 0. The van der Waals surface area contributed by atoms with Crippen molar-refractivity contribution in [1.29, 1.82) is 0 Å². The van der Waals surface area contributed by atoms with Crippen LogP contribution in [0.2, 0.25) is 0 Å². The molecule has 1 atom stereocenters. The summed E-state index contributed by atoms with van der Waals surface area (Å²) in [6.07, 6.45) is 1.23. The molecule has 0 aliphatic heterocycles. The van der Waals surface area contributed by atoms with E-state index in [9.17, 15) is 4.79 Å². The minimum absolute atomic E-state index is 0.118. The second kappa shape index (κ2) is 3.74. The Morgan fingerprint density at radius 2 is 1.91 bits per heavy atom. The van der Waals surface area contributed by atoms with Gasteiger partial charge >= 0.3 is 5.97 Å². The van der Waals surface area contributed by atoms with E-state index < -0.39 is 5.97 Å². The molecule has 0 heterocycles. The Morgan fingerprint density at radius 1 is 1.45 bits per heavy atom. The van der Waals surface area contributed by atoms with Gasteiger partial charge in [-0.15, -0.1) is 0 Å². The number of carboxylic acids is 1. The molecule has 0 fully saturated rings. The molecular weight excluding hydrogens is 140 g/mol. The van der Waals surface area contributed by atoms with Crippen molar-refractivity contribution in [2.24, 2.45) is 11.3 Å². The quantitative estimate of drug-likeness (QED) is 0.685. The van der Waals surface area contributed by atoms with Gasteiger partial charge < -0.3 is 5.11 Å². The second-order valence-corrected chi connectivity index (χ2v) is 4.07. The molecule has 0 saturated carbocycles. The van der Waals surface area contributed by atoms with Crippen molar-refractivity contribution in [3.8, 4) is 0 Å². The van der Waals surface area contributed by atoms with Crippen LogP contribution in [-0.2, 0) is 4.79 Å². The molecule has 0 spiro atoms. The normalized spacial score (nSPS) is 14.5. The Bertz CT molecular complexity index is 133. The van der Waals surface area contributed by atoms with Gasteiger partial charge in [0.15, 0.2) is 0 Å². The SMILES string of the molecule is CC[C@@H](CC(=O)O)C(C)(C)C. The summed E-state index contributed by atoms with van der Waals surface area (Å²) in [7, 11) is 0. The van der Waals surface area contributed by atoms with Crippen LogP contribution in [0.5, 0.6) is 0 Å². The first-order chi connectivity index (χ1) is 4.88. The molecule has 2 nitrogen and oxygen atoms in total. The Hall–Kier alpha value is -0.530. The number of carbonyl (C=O) groups is 1. The lowest BCUT2D eigenvalue weighted by Gasteiger charge is -2.28. The maximum Gasteiger partial charge on any atom is 0.303 e. The van der Waals surface area contributed by atoms with E-state index in [1.165, 1.54) is 0 Å². The van der Waals surface area contributed by atoms with E-state index in [4.69, 9.17) is 5.11 Å². The van der Waals surface area contributed by atoms with Crippen molar-refractivity contribution in [3.05, 3.63) is 0 Å². The Labute approximate surface area is 68.6 Å². The maximum absolute atomic E-state index is 10.4. The summed E-state index contributed by atoms with van der Waals surface area (Å²) in [5, 5.41) is 8.58. The van der Waals surface area contributed by atoms with E-state index in [1.807, 2.05) is 6.92 Å². The largest absolute Gasteiger partial charge is 0.481 e. The first-order valence-electron chi connectivity index (χ1n) is 4.09. The molecule has 0 radical (unpaired) electrons. The highest BCUT2D eigenvalue weighted by atomic mass is 16.4. The van der Waals surface area contributed by atoms with Gasteiger partial charge in [0.05, 0.1) is 0 Å². The molecule has 2 heteroatoms. The van der Waals surface area contributed by atoms with Gasteiger partial charge in [0.1, 0.15) is 0 Å². The highest BCUT2D eigenvalue weighted by Gasteiger charge is 2.24. The van der Waals surface area contributed by atoms with Gasteiger partial charge in [-0.2, -0.15) is 0 Å². The Kier molecular flexibility index (Phi) is 3.56. The van der Waals surface area contributed by atoms with E-state index in [0.29, 0.717) is 12.3 Å². The lowest BCUT2D eigenvalue weighted by Crippen LogP contribution is -2.22. The molecule has 0 rings (SSSR count). The fourth-order valence-electron chi connectivity index (χ4n) is 1.27. The van der Waals surface area contributed by atoms with Gasteiger partial charge in [-0.25, -0.2) is 0 Å². The van der Waals surface area contributed by atoms with Crippen LogP contribution in [0.3, 0.4) is 0 Å². The molecule has 0 bridgehead atoms. The highest BCUT2D eigenvalue weighted by molar-refractivity contribution is 5.67. The third-order valence-corrected chi connectivity index (χ3v) is 2.14. The Balaban J connectivity index is 4.07. The van der Waals surface area contributed by atoms with E-state index >= 15 is 0 Å². The van der Waals surface area contributed by atoms with Crippen LogP contribution >= 0.6 is 0 Å². The fraction of sp³-hybridized carbons (Fsp3) is 0.889. The van der Waals surface area contributed by atoms with Gasteiger partial charge in [0.25, 0.3) is 0 Å². The molecule has 0 amide bonds. The molecule has 11 heavy (non-hydrogen) atoms. The Morgan fingerprint density at radius 3 is 2.00 bits per heavy atom. The minimum Gasteiger partial charge on any atom is -0.481 e. The third kappa shape index (κ3) is 4.02. The van der Waals surface area contributed by atoms with Crippen LogP contribution in [0.15, 0.2) is 0 Å². The van der Waals surface area contributed by atoms with Crippen molar-refractivity contribution >= 4 is 5.97 Å². The van der Waals surface area contributed by atoms with Crippen molar-refractivity contribution in [1.82, 2.24) is 0 Å². The lowest BCUT2D eigenvalue weighted by atomic mass is 9.77. The first kappa shape index (κ1) is 10.5. The zero-order valence-corrected chi connectivity index (χ0v) is 7.85. The van der Waals surface area contributed by atoms with Crippen LogP contribution in [0.25, 0.3) is 0 Å². The summed E-state index contributed by atoms with van der Waals surface area (Å²) in [5.74, 6) is -0.397. The molecule has 0 aromatic rings. The van der Waals surface area contributed by atoms with E-state index in [2.05, 4.69) is 20.8 Å². The van der Waals surface area contributed by atoms with Gasteiger partial charge in [0.2, 0.25) is 0 Å². The summed E-state index contributed by atoms with van der Waals surface area (Å²) >= 11 is 0. The molecule has 66 valence electrons. The molecule has 0 unspecified atom stereocenters.